The Morgan fingerprint density at radius 3 is 2.69 bits per heavy atom. The molecule has 1 N–H and O–H groups in total. The summed E-state index contributed by atoms with van der Waals surface area (Å²) in [5.41, 5.74) is 1.72. The fraction of sp³-hybridized carbons (Fsp3) is 0.455. The SMILES string of the molecule is CN1CCc2cc(C(O)C(F)(F)F)ccc21. The lowest BCUT2D eigenvalue weighted by Gasteiger charge is -2.17. The number of rotatable bonds is 1. The van der Waals surface area contributed by atoms with Gasteiger partial charge in [0.15, 0.2) is 6.10 Å². The van der Waals surface area contributed by atoms with Gasteiger partial charge in [-0.05, 0) is 23.6 Å². The Kier molecular flexibility index (Phi) is 2.58. The fourth-order valence-corrected chi connectivity index (χ4v) is 1.95. The van der Waals surface area contributed by atoms with E-state index in [1.54, 1.807) is 6.07 Å². The molecule has 5 heteroatoms. The predicted octanol–water partition coefficient (Wildman–Crippen LogP) is 2.27. The molecule has 1 aromatic rings. The molecule has 0 radical (unpaired) electrons. The normalized spacial score (nSPS) is 17.4. The molecule has 2 nitrogen and oxygen atoms in total. The van der Waals surface area contributed by atoms with Crippen molar-refractivity contribution in [3.8, 4) is 0 Å². The molecule has 0 bridgehead atoms. The zero-order chi connectivity index (χ0) is 11.9. The Labute approximate surface area is 91.3 Å². The van der Waals surface area contributed by atoms with Crippen molar-refractivity contribution in [3.63, 3.8) is 0 Å². The molecule has 0 aliphatic carbocycles. The van der Waals surface area contributed by atoms with Crippen LogP contribution in [0.4, 0.5) is 18.9 Å². The smallest absolute Gasteiger partial charge is 0.379 e. The van der Waals surface area contributed by atoms with Crippen LogP contribution in [0, 0.1) is 0 Å². The summed E-state index contributed by atoms with van der Waals surface area (Å²) >= 11 is 0. The first-order valence-electron chi connectivity index (χ1n) is 4.98. The van der Waals surface area contributed by atoms with E-state index in [-0.39, 0.29) is 5.56 Å². The molecule has 1 heterocycles. The second-order valence-corrected chi connectivity index (χ2v) is 4.00. The lowest BCUT2D eigenvalue weighted by molar-refractivity contribution is -0.206. The van der Waals surface area contributed by atoms with Crippen molar-refractivity contribution in [2.75, 3.05) is 18.5 Å². The number of aliphatic hydroxyl groups excluding tert-OH is 1. The van der Waals surface area contributed by atoms with Crippen molar-refractivity contribution in [3.05, 3.63) is 29.3 Å². The van der Waals surface area contributed by atoms with Gasteiger partial charge in [0.2, 0.25) is 0 Å². The Balaban J connectivity index is 2.32. The highest BCUT2D eigenvalue weighted by Crippen LogP contribution is 2.35. The number of aliphatic hydroxyl groups is 1. The molecule has 0 aromatic heterocycles. The molecule has 16 heavy (non-hydrogen) atoms. The third-order valence-corrected chi connectivity index (χ3v) is 2.86. The molecular formula is C11H12F3NO. The number of nitrogens with zero attached hydrogens (tertiary/aromatic N) is 1. The maximum absolute atomic E-state index is 12.3. The van der Waals surface area contributed by atoms with Crippen molar-refractivity contribution in [1.29, 1.82) is 0 Å². The monoisotopic (exact) mass is 231 g/mol. The highest BCUT2D eigenvalue weighted by Gasteiger charge is 2.39. The summed E-state index contributed by atoms with van der Waals surface area (Å²) in [6.45, 7) is 0.806. The largest absolute Gasteiger partial charge is 0.418 e. The number of fused-ring (bicyclic) bond motifs is 1. The van der Waals surface area contributed by atoms with Gasteiger partial charge in [0.05, 0.1) is 0 Å². The summed E-state index contributed by atoms with van der Waals surface area (Å²) in [6, 6.07) is 4.41. The summed E-state index contributed by atoms with van der Waals surface area (Å²) in [5.74, 6) is 0. The van der Waals surface area contributed by atoms with Crippen LogP contribution in [-0.4, -0.2) is 24.9 Å². The summed E-state index contributed by atoms with van der Waals surface area (Å²) in [7, 11) is 1.89. The third kappa shape index (κ3) is 1.87. The molecule has 1 atom stereocenters. The molecule has 1 aliphatic heterocycles. The van der Waals surface area contributed by atoms with Crippen molar-refractivity contribution in [1.82, 2.24) is 0 Å². The molecular weight excluding hydrogens is 219 g/mol. The number of anilines is 1. The summed E-state index contributed by atoms with van der Waals surface area (Å²) in [5, 5.41) is 9.12. The Hall–Kier alpha value is -1.23. The topological polar surface area (TPSA) is 23.5 Å². The third-order valence-electron chi connectivity index (χ3n) is 2.86. The van der Waals surface area contributed by atoms with Gasteiger partial charge in [-0.1, -0.05) is 12.1 Å². The van der Waals surface area contributed by atoms with E-state index in [9.17, 15) is 13.2 Å². The van der Waals surface area contributed by atoms with Crippen molar-refractivity contribution < 1.29 is 18.3 Å². The van der Waals surface area contributed by atoms with Gasteiger partial charge >= 0.3 is 6.18 Å². The van der Waals surface area contributed by atoms with E-state index >= 15 is 0 Å². The number of hydrogen-bond donors (Lipinski definition) is 1. The molecule has 0 amide bonds. The summed E-state index contributed by atoms with van der Waals surface area (Å²) in [4.78, 5) is 1.99. The number of likely N-dealkylation sites (N-methyl/N-ethyl adjacent to an activating group) is 1. The molecule has 0 fully saturated rings. The average molecular weight is 231 g/mol. The standard InChI is InChI=1S/C11H12F3NO/c1-15-5-4-7-6-8(2-3-9(7)15)10(16)11(12,13)14/h2-3,6,10,16H,4-5H2,1H3. The van der Waals surface area contributed by atoms with Gasteiger partial charge in [-0.3, -0.25) is 0 Å². The van der Waals surface area contributed by atoms with Crippen LogP contribution in [0.5, 0.6) is 0 Å². The van der Waals surface area contributed by atoms with Gasteiger partial charge in [-0.2, -0.15) is 13.2 Å². The molecule has 0 saturated heterocycles. The molecule has 1 unspecified atom stereocenters. The van der Waals surface area contributed by atoms with Crippen LogP contribution >= 0.6 is 0 Å². The van der Waals surface area contributed by atoms with Crippen molar-refractivity contribution in [2.24, 2.45) is 0 Å². The lowest BCUT2D eigenvalue weighted by atomic mass is 10.0. The van der Waals surface area contributed by atoms with E-state index in [0.29, 0.717) is 0 Å². The molecule has 88 valence electrons. The van der Waals surface area contributed by atoms with Crippen LogP contribution in [0.15, 0.2) is 18.2 Å². The second-order valence-electron chi connectivity index (χ2n) is 4.00. The molecule has 1 aromatic carbocycles. The first-order valence-corrected chi connectivity index (χ1v) is 4.98. The van der Waals surface area contributed by atoms with Gasteiger partial charge in [-0.15, -0.1) is 0 Å². The number of halogens is 3. The molecule has 0 spiro atoms. The second kappa shape index (κ2) is 3.66. The number of hydrogen-bond acceptors (Lipinski definition) is 2. The van der Waals surface area contributed by atoms with Crippen LogP contribution in [0.25, 0.3) is 0 Å². The number of alkyl halides is 3. The van der Waals surface area contributed by atoms with E-state index in [2.05, 4.69) is 0 Å². The van der Waals surface area contributed by atoms with Crippen LogP contribution in [0.2, 0.25) is 0 Å². The van der Waals surface area contributed by atoms with Crippen LogP contribution in [0.3, 0.4) is 0 Å². The van der Waals surface area contributed by atoms with E-state index in [0.717, 1.165) is 24.2 Å². The minimum Gasteiger partial charge on any atom is -0.379 e. The van der Waals surface area contributed by atoms with E-state index in [4.69, 9.17) is 5.11 Å². The van der Waals surface area contributed by atoms with Gasteiger partial charge in [0.1, 0.15) is 0 Å². The zero-order valence-electron chi connectivity index (χ0n) is 8.75. The maximum Gasteiger partial charge on any atom is 0.418 e. The first kappa shape index (κ1) is 11.3. The quantitative estimate of drug-likeness (QED) is 0.801. The molecule has 2 rings (SSSR count). The van der Waals surface area contributed by atoms with Crippen LogP contribution < -0.4 is 4.90 Å². The highest BCUT2D eigenvalue weighted by molar-refractivity contribution is 5.58. The van der Waals surface area contributed by atoms with E-state index in [1.165, 1.54) is 12.1 Å². The van der Waals surface area contributed by atoms with E-state index in [1.807, 2.05) is 11.9 Å². The van der Waals surface area contributed by atoms with Gasteiger partial charge < -0.3 is 10.0 Å². The molecule has 1 aliphatic rings. The van der Waals surface area contributed by atoms with Gasteiger partial charge in [0.25, 0.3) is 0 Å². The zero-order valence-corrected chi connectivity index (χ0v) is 8.75. The minimum atomic E-state index is -4.60. The van der Waals surface area contributed by atoms with Crippen molar-refractivity contribution >= 4 is 5.69 Å². The Morgan fingerprint density at radius 1 is 1.38 bits per heavy atom. The molecule has 0 saturated carbocycles. The van der Waals surface area contributed by atoms with Gasteiger partial charge in [0, 0.05) is 19.3 Å². The fourth-order valence-electron chi connectivity index (χ4n) is 1.95. The van der Waals surface area contributed by atoms with Crippen LogP contribution in [0.1, 0.15) is 17.2 Å². The summed E-state index contributed by atoms with van der Waals surface area (Å²) < 4.78 is 36.9. The Morgan fingerprint density at radius 2 is 2.06 bits per heavy atom. The lowest BCUT2D eigenvalue weighted by Crippen LogP contribution is -2.20. The Bertz CT molecular complexity index is 403. The van der Waals surface area contributed by atoms with Gasteiger partial charge in [-0.25, -0.2) is 0 Å². The minimum absolute atomic E-state index is 0.0819. The maximum atomic E-state index is 12.3. The van der Waals surface area contributed by atoms with Crippen LogP contribution in [-0.2, 0) is 6.42 Å². The van der Waals surface area contributed by atoms with E-state index < -0.39 is 12.3 Å². The summed E-state index contributed by atoms with van der Waals surface area (Å²) in [6.07, 6.45) is -6.26. The average Bonchev–Trinajstić information content (AvgIpc) is 2.57. The predicted molar refractivity (Wildman–Crippen MR) is 54.4 cm³/mol. The van der Waals surface area contributed by atoms with Crippen molar-refractivity contribution in [2.45, 2.75) is 18.7 Å². The highest BCUT2D eigenvalue weighted by atomic mass is 19.4. The first-order chi connectivity index (χ1) is 7.39. The number of benzene rings is 1.